The number of rotatable bonds is 5. The molecule has 1 aliphatic heterocycles. The van der Waals surface area contributed by atoms with Crippen LogP contribution in [0.2, 0.25) is 10.0 Å². The van der Waals surface area contributed by atoms with Crippen LogP contribution in [0.1, 0.15) is 44.6 Å². The number of hydrogen-bond acceptors (Lipinski definition) is 4. The van der Waals surface area contributed by atoms with E-state index < -0.39 is 0 Å². The first kappa shape index (κ1) is 24.3. The molecule has 1 aromatic rings. The Kier molecular flexibility index (Phi) is 9.08. The number of nitrogens with zero attached hydrogens (tertiary/aromatic N) is 2. The SMILES string of the molecule is CC(=O)O[C@@H]1CC[C@H](N2CCCC2)[C@@H](N(C)C(=O)Cc2ccc(Cl)c(Cl)c2)C1.Cl. The third-order valence-electron chi connectivity index (χ3n) is 5.91. The minimum atomic E-state index is -0.256. The van der Waals surface area contributed by atoms with Gasteiger partial charge in [-0.05, 0) is 56.5 Å². The minimum absolute atomic E-state index is 0. The van der Waals surface area contributed by atoms with Crippen molar-refractivity contribution in [2.24, 2.45) is 0 Å². The summed E-state index contributed by atoms with van der Waals surface area (Å²) in [6.45, 7) is 3.60. The van der Waals surface area contributed by atoms with Crippen molar-refractivity contribution in [3.63, 3.8) is 0 Å². The topological polar surface area (TPSA) is 49.9 Å². The lowest BCUT2D eigenvalue weighted by Crippen LogP contribution is -2.56. The maximum absolute atomic E-state index is 13.0. The molecule has 0 aromatic heterocycles. The van der Waals surface area contributed by atoms with Gasteiger partial charge in [0.1, 0.15) is 6.10 Å². The van der Waals surface area contributed by atoms with Crippen LogP contribution in [0.4, 0.5) is 0 Å². The number of halogens is 3. The Balaban J connectivity index is 0.00000300. The molecule has 0 radical (unpaired) electrons. The number of ether oxygens (including phenoxy) is 1. The lowest BCUT2D eigenvalue weighted by atomic mass is 9.86. The van der Waals surface area contributed by atoms with E-state index in [9.17, 15) is 9.59 Å². The van der Waals surface area contributed by atoms with Gasteiger partial charge in [-0.1, -0.05) is 29.3 Å². The molecule has 2 aliphatic rings. The fourth-order valence-electron chi connectivity index (χ4n) is 4.48. The molecule has 1 heterocycles. The van der Waals surface area contributed by atoms with Crippen LogP contribution in [0.5, 0.6) is 0 Å². The Morgan fingerprint density at radius 2 is 1.86 bits per heavy atom. The summed E-state index contributed by atoms with van der Waals surface area (Å²) in [6.07, 6.45) is 5.04. The number of esters is 1. The average Bonchev–Trinajstić information content (AvgIpc) is 3.18. The number of likely N-dealkylation sites (N-methyl/N-ethyl adjacent to an activating group) is 1. The fraction of sp³-hybridized carbons (Fsp3) is 0.619. The summed E-state index contributed by atoms with van der Waals surface area (Å²) in [5.74, 6) is -0.218. The Labute approximate surface area is 189 Å². The van der Waals surface area contributed by atoms with Gasteiger partial charge in [0, 0.05) is 26.4 Å². The van der Waals surface area contributed by atoms with Crippen molar-refractivity contribution in [1.29, 1.82) is 0 Å². The van der Waals surface area contributed by atoms with Crippen molar-refractivity contribution < 1.29 is 14.3 Å². The normalized spacial score (nSPS) is 24.6. The molecule has 8 heteroatoms. The first-order chi connectivity index (χ1) is 13.3. The van der Waals surface area contributed by atoms with Gasteiger partial charge in [-0.2, -0.15) is 0 Å². The van der Waals surface area contributed by atoms with Gasteiger partial charge in [-0.3, -0.25) is 14.5 Å². The molecule has 29 heavy (non-hydrogen) atoms. The first-order valence-electron chi connectivity index (χ1n) is 9.96. The second-order valence-corrected chi connectivity index (χ2v) is 8.67. The van der Waals surface area contributed by atoms with E-state index in [0.717, 1.165) is 31.5 Å². The van der Waals surface area contributed by atoms with Gasteiger partial charge in [-0.15, -0.1) is 12.4 Å². The van der Waals surface area contributed by atoms with Crippen LogP contribution in [-0.4, -0.2) is 60.0 Å². The third-order valence-corrected chi connectivity index (χ3v) is 6.64. The number of carbonyl (C=O) groups is 2. The summed E-state index contributed by atoms with van der Waals surface area (Å²) in [4.78, 5) is 28.8. The molecule has 1 aromatic carbocycles. The lowest BCUT2D eigenvalue weighted by Gasteiger charge is -2.44. The maximum atomic E-state index is 13.0. The van der Waals surface area contributed by atoms with Gasteiger partial charge in [0.25, 0.3) is 0 Å². The summed E-state index contributed by atoms with van der Waals surface area (Å²) in [5, 5.41) is 0.939. The predicted octanol–water partition coefficient (Wildman–Crippen LogP) is 4.36. The van der Waals surface area contributed by atoms with Crippen molar-refractivity contribution in [2.45, 2.75) is 63.6 Å². The number of carbonyl (C=O) groups excluding carboxylic acids is 2. The molecule has 162 valence electrons. The van der Waals surface area contributed by atoms with E-state index in [-0.39, 0.29) is 42.9 Å². The van der Waals surface area contributed by atoms with E-state index in [1.807, 2.05) is 18.0 Å². The minimum Gasteiger partial charge on any atom is -0.462 e. The molecule has 0 N–H and O–H groups in total. The zero-order chi connectivity index (χ0) is 20.3. The van der Waals surface area contributed by atoms with Crippen molar-refractivity contribution in [3.05, 3.63) is 33.8 Å². The molecule has 1 amide bonds. The van der Waals surface area contributed by atoms with E-state index in [1.54, 1.807) is 12.1 Å². The van der Waals surface area contributed by atoms with Crippen molar-refractivity contribution in [2.75, 3.05) is 20.1 Å². The molecule has 3 atom stereocenters. The summed E-state index contributed by atoms with van der Waals surface area (Å²) in [7, 11) is 1.86. The summed E-state index contributed by atoms with van der Waals surface area (Å²) in [6, 6.07) is 5.65. The Morgan fingerprint density at radius 1 is 1.17 bits per heavy atom. The number of hydrogen-bond donors (Lipinski definition) is 0. The quantitative estimate of drug-likeness (QED) is 0.609. The molecule has 1 saturated carbocycles. The fourth-order valence-corrected chi connectivity index (χ4v) is 4.81. The third kappa shape index (κ3) is 6.24. The predicted molar refractivity (Wildman–Crippen MR) is 118 cm³/mol. The molecule has 0 unspecified atom stereocenters. The van der Waals surface area contributed by atoms with Gasteiger partial charge in [-0.25, -0.2) is 0 Å². The smallest absolute Gasteiger partial charge is 0.302 e. The van der Waals surface area contributed by atoms with E-state index in [0.29, 0.717) is 22.5 Å². The van der Waals surface area contributed by atoms with Crippen LogP contribution in [0.15, 0.2) is 18.2 Å². The summed E-state index contributed by atoms with van der Waals surface area (Å²) >= 11 is 12.1. The standard InChI is InChI=1S/C21H28Cl2N2O3.ClH/c1-14(26)28-16-6-8-19(25-9-3-4-10-25)20(13-16)24(2)21(27)12-15-5-7-17(22)18(23)11-15;/h5,7,11,16,19-20H,3-4,6,8-10,12-13H2,1-2H3;1H/t16-,19+,20+;/m1./s1. The summed E-state index contributed by atoms with van der Waals surface area (Å²) in [5.41, 5.74) is 0.844. The van der Waals surface area contributed by atoms with E-state index in [2.05, 4.69) is 4.90 Å². The highest BCUT2D eigenvalue weighted by atomic mass is 35.5. The van der Waals surface area contributed by atoms with Gasteiger partial charge in [0.2, 0.25) is 5.91 Å². The highest BCUT2D eigenvalue weighted by molar-refractivity contribution is 6.42. The van der Waals surface area contributed by atoms with Crippen LogP contribution < -0.4 is 0 Å². The zero-order valence-electron chi connectivity index (χ0n) is 16.9. The molecule has 0 spiro atoms. The van der Waals surface area contributed by atoms with Gasteiger partial charge < -0.3 is 9.64 Å². The molecule has 5 nitrogen and oxygen atoms in total. The number of likely N-dealkylation sites (tertiary alicyclic amines) is 1. The molecule has 1 saturated heterocycles. The van der Waals surface area contributed by atoms with Crippen LogP contribution in [0.25, 0.3) is 0 Å². The van der Waals surface area contributed by atoms with E-state index in [4.69, 9.17) is 27.9 Å². The first-order valence-corrected chi connectivity index (χ1v) is 10.7. The Morgan fingerprint density at radius 3 is 2.48 bits per heavy atom. The zero-order valence-corrected chi connectivity index (χ0v) is 19.2. The lowest BCUT2D eigenvalue weighted by molar-refractivity contribution is -0.150. The van der Waals surface area contributed by atoms with Crippen molar-refractivity contribution in [3.8, 4) is 0 Å². The largest absolute Gasteiger partial charge is 0.462 e. The van der Waals surface area contributed by atoms with Crippen LogP contribution >= 0.6 is 35.6 Å². The molecule has 0 bridgehead atoms. The van der Waals surface area contributed by atoms with Gasteiger partial charge in [0.15, 0.2) is 0 Å². The molecule has 3 rings (SSSR count). The summed E-state index contributed by atoms with van der Waals surface area (Å²) < 4.78 is 5.48. The second kappa shape index (κ2) is 10.9. The van der Waals surface area contributed by atoms with E-state index >= 15 is 0 Å². The van der Waals surface area contributed by atoms with Crippen LogP contribution in [0.3, 0.4) is 0 Å². The van der Waals surface area contributed by atoms with Crippen molar-refractivity contribution >= 4 is 47.5 Å². The Bertz CT molecular complexity index is 725. The number of amides is 1. The second-order valence-electron chi connectivity index (χ2n) is 7.85. The highest BCUT2D eigenvalue weighted by Crippen LogP contribution is 2.31. The monoisotopic (exact) mass is 462 g/mol. The van der Waals surface area contributed by atoms with E-state index in [1.165, 1.54) is 19.8 Å². The maximum Gasteiger partial charge on any atom is 0.302 e. The van der Waals surface area contributed by atoms with Gasteiger partial charge in [0.05, 0.1) is 22.5 Å². The highest BCUT2D eigenvalue weighted by Gasteiger charge is 2.39. The van der Waals surface area contributed by atoms with Crippen molar-refractivity contribution in [1.82, 2.24) is 9.80 Å². The van der Waals surface area contributed by atoms with Crippen LogP contribution in [0, 0.1) is 0 Å². The Hall–Kier alpha value is -1.01. The number of benzene rings is 1. The molecule has 2 fully saturated rings. The van der Waals surface area contributed by atoms with Crippen LogP contribution in [-0.2, 0) is 20.7 Å². The van der Waals surface area contributed by atoms with Gasteiger partial charge >= 0.3 is 5.97 Å². The molecule has 1 aliphatic carbocycles. The average molecular weight is 464 g/mol. The molecular weight excluding hydrogens is 435 g/mol. The molecular formula is C21H29Cl3N2O3.